The van der Waals surface area contributed by atoms with Crippen molar-refractivity contribution in [1.82, 2.24) is 5.32 Å². The molecule has 0 fully saturated rings. The predicted octanol–water partition coefficient (Wildman–Crippen LogP) is 4.80. The van der Waals surface area contributed by atoms with Gasteiger partial charge in [0.05, 0.1) is 6.04 Å². The maximum atomic E-state index is 11.8. The van der Waals surface area contributed by atoms with Gasteiger partial charge in [0.25, 0.3) is 0 Å². The molecule has 1 amide bonds. The molecule has 0 bridgehead atoms. The highest BCUT2D eigenvalue weighted by Gasteiger charge is 2.20. The van der Waals surface area contributed by atoms with E-state index in [1.807, 2.05) is 45.0 Å². The Labute approximate surface area is 131 Å². The second-order valence-corrected chi connectivity index (χ2v) is 6.94. The molecule has 3 nitrogen and oxygen atoms in total. The molecule has 1 aromatic carbocycles. The zero-order chi connectivity index (χ0) is 14.5. The van der Waals surface area contributed by atoms with E-state index in [9.17, 15) is 4.79 Å². The molecule has 0 saturated carbocycles. The number of ether oxygens (including phenoxy) is 1. The van der Waals surface area contributed by atoms with Crippen LogP contribution in [0.5, 0.6) is 0 Å². The first-order valence-electron chi connectivity index (χ1n) is 6.13. The number of nitrogens with one attached hydrogen (secondary N) is 1. The molecular formula is C14H19Br2NO2. The fourth-order valence-corrected chi connectivity index (χ4v) is 2.30. The summed E-state index contributed by atoms with van der Waals surface area (Å²) in [5.41, 5.74) is 0.580. The van der Waals surface area contributed by atoms with Crippen LogP contribution in [0.25, 0.3) is 0 Å². The lowest BCUT2D eigenvalue weighted by Gasteiger charge is -2.23. The van der Waals surface area contributed by atoms with Gasteiger partial charge in [-0.2, -0.15) is 0 Å². The van der Waals surface area contributed by atoms with E-state index in [2.05, 4.69) is 37.2 Å². The standard InChI is InChI=1S/C14H19Br2NO2/c1-14(2,3)19-13(18)17-12(8-9-15)10-4-6-11(16)7-5-10/h4-7,12H,8-9H2,1-3H3,(H,17,18)/t12-/m0/s1. The first kappa shape index (κ1) is 16.5. The number of hydrogen-bond donors (Lipinski definition) is 1. The number of halogens is 2. The van der Waals surface area contributed by atoms with Gasteiger partial charge in [0, 0.05) is 9.80 Å². The monoisotopic (exact) mass is 391 g/mol. The van der Waals surface area contributed by atoms with Crippen molar-refractivity contribution < 1.29 is 9.53 Å². The topological polar surface area (TPSA) is 38.3 Å². The molecule has 0 radical (unpaired) electrons. The van der Waals surface area contributed by atoms with Crippen LogP contribution in [0.3, 0.4) is 0 Å². The largest absolute Gasteiger partial charge is 0.444 e. The van der Waals surface area contributed by atoms with E-state index in [1.165, 1.54) is 0 Å². The fraction of sp³-hybridized carbons (Fsp3) is 0.500. The lowest BCUT2D eigenvalue weighted by molar-refractivity contribution is 0.0502. The molecule has 0 aliphatic rings. The smallest absolute Gasteiger partial charge is 0.408 e. The van der Waals surface area contributed by atoms with Gasteiger partial charge in [-0.3, -0.25) is 0 Å². The highest BCUT2D eigenvalue weighted by atomic mass is 79.9. The maximum absolute atomic E-state index is 11.8. The number of alkyl carbamates (subject to hydrolysis) is 1. The summed E-state index contributed by atoms with van der Waals surface area (Å²) in [6.45, 7) is 5.56. The molecule has 0 saturated heterocycles. The summed E-state index contributed by atoms with van der Waals surface area (Å²) < 4.78 is 6.30. The molecule has 0 aliphatic carbocycles. The van der Waals surface area contributed by atoms with Crippen molar-refractivity contribution in [2.45, 2.75) is 38.8 Å². The summed E-state index contributed by atoms with van der Waals surface area (Å²) in [6, 6.07) is 7.87. The number of benzene rings is 1. The van der Waals surface area contributed by atoms with E-state index in [-0.39, 0.29) is 12.1 Å². The van der Waals surface area contributed by atoms with Gasteiger partial charge in [-0.05, 0) is 44.9 Å². The van der Waals surface area contributed by atoms with Crippen molar-refractivity contribution in [3.63, 3.8) is 0 Å². The van der Waals surface area contributed by atoms with Gasteiger partial charge in [-0.25, -0.2) is 4.79 Å². The summed E-state index contributed by atoms with van der Waals surface area (Å²) in [6.07, 6.45) is 0.419. The van der Waals surface area contributed by atoms with Crippen LogP contribution in [0.2, 0.25) is 0 Å². The number of carbonyl (C=O) groups is 1. The van der Waals surface area contributed by atoms with Gasteiger partial charge in [-0.1, -0.05) is 44.0 Å². The Kier molecular flexibility index (Phi) is 6.33. The fourth-order valence-electron chi connectivity index (χ4n) is 1.58. The summed E-state index contributed by atoms with van der Waals surface area (Å²) in [7, 11) is 0. The van der Waals surface area contributed by atoms with Crippen molar-refractivity contribution in [3.8, 4) is 0 Å². The van der Waals surface area contributed by atoms with Crippen LogP contribution in [0, 0.1) is 0 Å². The Morgan fingerprint density at radius 3 is 2.37 bits per heavy atom. The van der Waals surface area contributed by atoms with Crippen molar-refractivity contribution in [2.75, 3.05) is 5.33 Å². The summed E-state index contributed by atoms with van der Waals surface area (Å²) in [5.74, 6) is 0. The summed E-state index contributed by atoms with van der Waals surface area (Å²) in [5, 5.41) is 3.71. The van der Waals surface area contributed by atoms with E-state index >= 15 is 0 Å². The quantitative estimate of drug-likeness (QED) is 0.747. The highest BCUT2D eigenvalue weighted by molar-refractivity contribution is 9.10. The Morgan fingerprint density at radius 1 is 1.32 bits per heavy atom. The van der Waals surface area contributed by atoms with E-state index < -0.39 is 5.60 Å². The van der Waals surface area contributed by atoms with Gasteiger partial charge in [-0.15, -0.1) is 0 Å². The first-order valence-corrected chi connectivity index (χ1v) is 8.04. The maximum Gasteiger partial charge on any atom is 0.408 e. The molecule has 1 atom stereocenters. The van der Waals surface area contributed by atoms with E-state index in [1.54, 1.807) is 0 Å². The summed E-state index contributed by atoms with van der Waals surface area (Å²) in [4.78, 5) is 11.8. The van der Waals surface area contributed by atoms with E-state index in [0.717, 1.165) is 21.8 Å². The average Bonchev–Trinajstić information content (AvgIpc) is 2.27. The molecule has 106 valence electrons. The second kappa shape index (κ2) is 7.29. The van der Waals surface area contributed by atoms with Crippen molar-refractivity contribution >= 4 is 38.0 Å². The minimum atomic E-state index is -0.483. The lowest BCUT2D eigenvalue weighted by atomic mass is 10.1. The zero-order valence-electron chi connectivity index (χ0n) is 11.4. The highest BCUT2D eigenvalue weighted by Crippen LogP contribution is 2.21. The van der Waals surface area contributed by atoms with Gasteiger partial charge >= 0.3 is 6.09 Å². The Balaban J connectivity index is 2.73. The van der Waals surface area contributed by atoms with Crippen molar-refractivity contribution in [2.24, 2.45) is 0 Å². The van der Waals surface area contributed by atoms with Gasteiger partial charge in [0.1, 0.15) is 5.60 Å². The molecule has 0 aromatic heterocycles. The number of amides is 1. The number of alkyl halides is 1. The molecular weight excluding hydrogens is 374 g/mol. The van der Waals surface area contributed by atoms with Gasteiger partial charge < -0.3 is 10.1 Å². The molecule has 0 unspecified atom stereocenters. The molecule has 0 spiro atoms. The lowest BCUT2D eigenvalue weighted by Crippen LogP contribution is -2.35. The van der Waals surface area contributed by atoms with Crippen molar-refractivity contribution in [3.05, 3.63) is 34.3 Å². The third-order valence-corrected chi connectivity index (χ3v) is 3.35. The van der Waals surface area contributed by atoms with Crippen LogP contribution in [0.1, 0.15) is 38.8 Å². The predicted molar refractivity (Wildman–Crippen MR) is 84.7 cm³/mol. The first-order chi connectivity index (χ1) is 8.81. The number of hydrogen-bond acceptors (Lipinski definition) is 2. The molecule has 5 heteroatoms. The Hall–Kier alpha value is -0.550. The zero-order valence-corrected chi connectivity index (χ0v) is 14.5. The third kappa shape index (κ3) is 6.43. The van der Waals surface area contributed by atoms with Crippen LogP contribution < -0.4 is 5.32 Å². The van der Waals surface area contributed by atoms with Crippen molar-refractivity contribution in [1.29, 1.82) is 0 Å². The van der Waals surface area contributed by atoms with Crippen LogP contribution >= 0.6 is 31.9 Å². The third-order valence-electron chi connectivity index (χ3n) is 2.36. The number of rotatable bonds is 4. The molecule has 19 heavy (non-hydrogen) atoms. The number of carbonyl (C=O) groups excluding carboxylic acids is 1. The molecule has 0 aliphatic heterocycles. The van der Waals surface area contributed by atoms with Crippen LogP contribution in [0.4, 0.5) is 4.79 Å². The normalized spacial score (nSPS) is 12.9. The van der Waals surface area contributed by atoms with E-state index in [0.29, 0.717) is 0 Å². The average molecular weight is 393 g/mol. The van der Waals surface area contributed by atoms with E-state index in [4.69, 9.17) is 4.74 Å². The molecule has 1 rings (SSSR count). The SMILES string of the molecule is CC(C)(C)OC(=O)N[C@@H](CCBr)c1ccc(Br)cc1. The summed E-state index contributed by atoms with van der Waals surface area (Å²) >= 11 is 6.81. The molecule has 1 aromatic rings. The minimum Gasteiger partial charge on any atom is -0.444 e. The van der Waals surface area contributed by atoms with Gasteiger partial charge in [0.15, 0.2) is 0 Å². The Morgan fingerprint density at radius 2 is 1.89 bits per heavy atom. The van der Waals surface area contributed by atoms with Crippen LogP contribution in [-0.2, 0) is 4.74 Å². The Bertz CT molecular complexity index is 412. The molecule has 1 N–H and O–H groups in total. The minimum absolute atomic E-state index is 0.0534. The van der Waals surface area contributed by atoms with Crippen LogP contribution in [-0.4, -0.2) is 17.0 Å². The molecule has 0 heterocycles. The van der Waals surface area contributed by atoms with Crippen LogP contribution in [0.15, 0.2) is 28.7 Å². The van der Waals surface area contributed by atoms with Gasteiger partial charge in [0.2, 0.25) is 0 Å². The second-order valence-electron chi connectivity index (χ2n) is 5.23.